The number of ether oxygens (including phenoxy) is 1. The fraction of sp³-hybridized carbons (Fsp3) is 0.250. The zero-order valence-electron chi connectivity index (χ0n) is 9.41. The van der Waals surface area contributed by atoms with Crippen LogP contribution in [0.4, 0.5) is 5.69 Å². The topological polar surface area (TPSA) is 64.3 Å². The summed E-state index contributed by atoms with van der Waals surface area (Å²) in [4.78, 5) is 11.8. The monoisotopic (exact) mass is 298 g/mol. The van der Waals surface area contributed by atoms with Crippen molar-refractivity contribution in [3.8, 4) is 0 Å². The number of amides is 1. The van der Waals surface area contributed by atoms with Crippen molar-refractivity contribution in [3.63, 3.8) is 0 Å². The van der Waals surface area contributed by atoms with Gasteiger partial charge in [-0.3, -0.25) is 4.79 Å². The van der Waals surface area contributed by atoms with E-state index in [0.717, 1.165) is 10.9 Å². The predicted molar refractivity (Wildman–Crippen MR) is 71.7 cm³/mol. The molecule has 5 heteroatoms. The Morgan fingerprint density at radius 3 is 3.06 bits per heavy atom. The molecule has 0 atom stereocenters. The van der Waals surface area contributed by atoms with Crippen LogP contribution in [0.1, 0.15) is 16.8 Å². The lowest BCUT2D eigenvalue weighted by molar-refractivity contribution is 0.0949. The van der Waals surface area contributed by atoms with Crippen LogP contribution >= 0.6 is 15.9 Å². The molecule has 3 N–H and O–H groups in total. The Morgan fingerprint density at radius 1 is 1.59 bits per heavy atom. The number of rotatable bonds is 6. The summed E-state index contributed by atoms with van der Waals surface area (Å²) in [6.45, 7) is 4.53. The first-order valence-electron chi connectivity index (χ1n) is 5.21. The molecule has 1 amide bonds. The fourth-order valence-corrected chi connectivity index (χ4v) is 1.68. The summed E-state index contributed by atoms with van der Waals surface area (Å²) in [5.41, 5.74) is 6.73. The minimum Gasteiger partial charge on any atom is -0.502 e. The van der Waals surface area contributed by atoms with Gasteiger partial charge in [-0.25, -0.2) is 0 Å². The fourth-order valence-electron chi connectivity index (χ4n) is 1.25. The Bertz CT molecular complexity index is 407. The number of nitrogens with one attached hydrogen (secondary N) is 1. The van der Waals surface area contributed by atoms with Gasteiger partial charge in [-0.15, -0.1) is 0 Å². The molecular weight excluding hydrogens is 284 g/mol. The van der Waals surface area contributed by atoms with E-state index in [1.54, 1.807) is 18.2 Å². The summed E-state index contributed by atoms with van der Waals surface area (Å²) < 4.78 is 5.68. The average molecular weight is 299 g/mol. The quantitative estimate of drug-likeness (QED) is 0.481. The molecule has 1 aromatic carbocycles. The highest BCUT2D eigenvalue weighted by molar-refractivity contribution is 9.10. The number of hydrogen-bond donors (Lipinski definition) is 2. The van der Waals surface area contributed by atoms with E-state index < -0.39 is 0 Å². The molecule has 1 rings (SSSR count). The van der Waals surface area contributed by atoms with Crippen LogP contribution in [0.15, 0.2) is 35.5 Å². The van der Waals surface area contributed by atoms with Gasteiger partial charge in [-0.05, 0) is 40.5 Å². The SMILES string of the molecule is C=COCCCNC(=O)c1cc(N)ccc1Br. The minimum atomic E-state index is -0.150. The zero-order valence-corrected chi connectivity index (χ0v) is 11.0. The van der Waals surface area contributed by atoms with Crippen LogP contribution in [0.2, 0.25) is 0 Å². The summed E-state index contributed by atoms with van der Waals surface area (Å²) in [6, 6.07) is 5.13. The van der Waals surface area contributed by atoms with E-state index in [9.17, 15) is 4.79 Å². The molecular formula is C12H15BrN2O2. The molecule has 0 bridgehead atoms. The average Bonchev–Trinajstić information content (AvgIpc) is 2.32. The third kappa shape index (κ3) is 4.48. The molecule has 0 saturated heterocycles. The van der Waals surface area contributed by atoms with Crippen molar-refractivity contribution in [3.05, 3.63) is 41.1 Å². The van der Waals surface area contributed by atoms with Gasteiger partial charge in [0.1, 0.15) is 0 Å². The summed E-state index contributed by atoms with van der Waals surface area (Å²) in [7, 11) is 0. The van der Waals surface area contributed by atoms with Crippen LogP contribution in [0, 0.1) is 0 Å². The molecule has 0 aliphatic carbocycles. The molecule has 17 heavy (non-hydrogen) atoms. The lowest BCUT2D eigenvalue weighted by atomic mass is 10.2. The van der Waals surface area contributed by atoms with Crippen molar-refractivity contribution < 1.29 is 9.53 Å². The van der Waals surface area contributed by atoms with Gasteiger partial charge in [-0.2, -0.15) is 0 Å². The van der Waals surface area contributed by atoms with Gasteiger partial charge in [0.2, 0.25) is 0 Å². The number of carbonyl (C=O) groups is 1. The smallest absolute Gasteiger partial charge is 0.252 e. The Morgan fingerprint density at radius 2 is 2.35 bits per heavy atom. The second-order valence-electron chi connectivity index (χ2n) is 3.39. The number of nitrogen functional groups attached to an aromatic ring is 1. The maximum absolute atomic E-state index is 11.8. The van der Waals surface area contributed by atoms with Crippen molar-refractivity contribution in [1.82, 2.24) is 5.32 Å². The van der Waals surface area contributed by atoms with Crippen molar-refractivity contribution in [2.24, 2.45) is 0 Å². The second kappa shape index (κ2) is 6.96. The van der Waals surface area contributed by atoms with Crippen LogP contribution in [-0.2, 0) is 4.74 Å². The van der Waals surface area contributed by atoms with E-state index in [0.29, 0.717) is 24.4 Å². The van der Waals surface area contributed by atoms with E-state index in [1.165, 1.54) is 6.26 Å². The van der Waals surface area contributed by atoms with Gasteiger partial charge in [0.05, 0.1) is 18.4 Å². The number of carbonyl (C=O) groups excluding carboxylic acids is 1. The van der Waals surface area contributed by atoms with Crippen molar-refractivity contribution in [1.29, 1.82) is 0 Å². The van der Waals surface area contributed by atoms with Crippen molar-refractivity contribution in [2.75, 3.05) is 18.9 Å². The molecule has 4 nitrogen and oxygen atoms in total. The van der Waals surface area contributed by atoms with Gasteiger partial charge in [0.25, 0.3) is 5.91 Å². The van der Waals surface area contributed by atoms with Crippen LogP contribution in [0.25, 0.3) is 0 Å². The Hall–Kier alpha value is -1.49. The number of benzene rings is 1. The molecule has 0 aliphatic heterocycles. The van der Waals surface area contributed by atoms with Crippen LogP contribution < -0.4 is 11.1 Å². The molecule has 0 aliphatic rings. The number of halogens is 1. The third-order valence-electron chi connectivity index (χ3n) is 2.08. The highest BCUT2D eigenvalue weighted by atomic mass is 79.9. The summed E-state index contributed by atoms with van der Waals surface area (Å²) in [6.07, 6.45) is 2.12. The zero-order chi connectivity index (χ0) is 12.7. The molecule has 0 aromatic heterocycles. The molecule has 0 heterocycles. The summed E-state index contributed by atoms with van der Waals surface area (Å²) >= 11 is 3.31. The lowest BCUT2D eigenvalue weighted by Crippen LogP contribution is -2.25. The first-order chi connectivity index (χ1) is 8.15. The molecule has 0 spiro atoms. The van der Waals surface area contributed by atoms with Gasteiger partial charge in [0.15, 0.2) is 0 Å². The van der Waals surface area contributed by atoms with E-state index in [2.05, 4.69) is 27.8 Å². The van der Waals surface area contributed by atoms with Crippen molar-refractivity contribution >= 4 is 27.5 Å². The molecule has 0 fully saturated rings. The van der Waals surface area contributed by atoms with Gasteiger partial charge < -0.3 is 15.8 Å². The summed E-state index contributed by atoms with van der Waals surface area (Å²) in [5, 5.41) is 2.79. The third-order valence-corrected chi connectivity index (χ3v) is 2.77. The minimum absolute atomic E-state index is 0.150. The first-order valence-corrected chi connectivity index (χ1v) is 6.00. The van der Waals surface area contributed by atoms with E-state index in [-0.39, 0.29) is 5.91 Å². The van der Waals surface area contributed by atoms with Gasteiger partial charge in [0, 0.05) is 16.7 Å². The van der Waals surface area contributed by atoms with Crippen molar-refractivity contribution in [2.45, 2.75) is 6.42 Å². The highest BCUT2D eigenvalue weighted by Gasteiger charge is 2.09. The Kier molecular flexibility index (Phi) is 5.56. The van der Waals surface area contributed by atoms with E-state index in [1.807, 2.05) is 0 Å². The molecule has 0 radical (unpaired) electrons. The summed E-state index contributed by atoms with van der Waals surface area (Å²) in [5.74, 6) is -0.150. The number of hydrogen-bond acceptors (Lipinski definition) is 3. The van der Waals surface area contributed by atoms with E-state index >= 15 is 0 Å². The number of nitrogens with two attached hydrogens (primary N) is 1. The van der Waals surface area contributed by atoms with Gasteiger partial charge >= 0.3 is 0 Å². The second-order valence-corrected chi connectivity index (χ2v) is 4.24. The maximum atomic E-state index is 11.8. The van der Waals surface area contributed by atoms with E-state index in [4.69, 9.17) is 10.5 Å². The standard InChI is InChI=1S/C12H15BrN2O2/c1-2-17-7-3-6-15-12(16)10-8-9(14)4-5-11(10)13/h2,4-5,8H,1,3,6-7,14H2,(H,15,16). The Labute approximate surface area is 109 Å². The molecule has 1 aromatic rings. The maximum Gasteiger partial charge on any atom is 0.252 e. The lowest BCUT2D eigenvalue weighted by Gasteiger charge is -2.07. The highest BCUT2D eigenvalue weighted by Crippen LogP contribution is 2.19. The molecule has 0 unspecified atom stereocenters. The molecule has 92 valence electrons. The molecule has 0 saturated carbocycles. The first kappa shape index (κ1) is 13.6. The normalized spacial score (nSPS) is 9.71. The van der Waals surface area contributed by atoms with Crippen LogP contribution in [0.3, 0.4) is 0 Å². The Balaban J connectivity index is 2.46. The number of anilines is 1. The van der Waals surface area contributed by atoms with Gasteiger partial charge in [-0.1, -0.05) is 6.58 Å². The predicted octanol–water partition coefficient (Wildman–Crippen LogP) is 2.31. The van der Waals surface area contributed by atoms with Crippen LogP contribution in [-0.4, -0.2) is 19.1 Å². The van der Waals surface area contributed by atoms with Crippen LogP contribution in [0.5, 0.6) is 0 Å². The largest absolute Gasteiger partial charge is 0.502 e.